The van der Waals surface area contributed by atoms with E-state index in [1.54, 1.807) is 0 Å². The third kappa shape index (κ3) is 1.45. The Morgan fingerprint density at radius 1 is 1.00 bits per heavy atom. The number of fused-ring (bicyclic) bond motifs is 2. The van der Waals surface area contributed by atoms with Gasteiger partial charge in [-0.05, 0) is 30.2 Å². The molecular weight excluding hydrogens is 208 g/mol. The van der Waals surface area contributed by atoms with Gasteiger partial charge in [0, 0.05) is 16.5 Å². The van der Waals surface area contributed by atoms with Gasteiger partial charge >= 0.3 is 0 Å². The highest BCUT2D eigenvalue weighted by atomic mass is 14.7. The van der Waals surface area contributed by atoms with Gasteiger partial charge in [-0.15, -0.1) is 0 Å². The first kappa shape index (κ1) is 10.1. The molecule has 0 bridgehead atoms. The Balaban J connectivity index is 2.59. The second kappa shape index (κ2) is 3.74. The molecule has 1 aromatic heterocycles. The minimum atomic E-state index is 0.817. The van der Waals surface area contributed by atoms with Crippen molar-refractivity contribution in [2.75, 3.05) is 5.73 Å². The first-order valence-corrected chi connectivity index (χ1v) is 5.87. The van der Waals surface area contributed by atoms with E-state index in [1.807, 2.05) is 30.3 Å². The fourth-order valence-corrected chi connectivity index (χ4v) is 2.44. The van der Waals surface area contributed by atoms with Crippen LogP contribution < -0.4 is 5.73 Å². The normalized spacial score (nSPS) is 11.1. The molecule has 0 saturated carbocycles. The minimum Gasteiger partial charge on any atom is -0.398 e. The third-order valence-corrected chi connectivity index (χ3v) is 3.20. The largest absolute Gasteiger partial charge is 0.398 e. The summed E-state index contributed by atoms with van der Waals surface area (Å²) in [7, 11) is 0. The number of nitrogens with zero attached hydrogens (tertiary/aromatic N) is 1. The maximum atomic E-state index is 6.08. The second-order valence-electron chi connectivity index (χ2n) is 4.20. The lowest BCUT2D eigenvalue weighted by atomic mass is 9.99. The zero-order valence-corrected chi connectivity index (χ0v) is 9.77. The predicted molar refractivity (Wildman–Crippen MR) is 73.0 cm³/mol. The molecule has 0 radical (unpaired) electrons. The number of aromatic nitrogens is 1. The molecule has 17 heavy (non-hydrogen) atoms. The summed E-state index contributed by atoms with van der Waals surface area (Å²) in [5, 5.41) is 2.31. The highest BCUT2D eigenvalue weighted by molar-refractivity contribution is 6.02. The van der Waals surface area contributed by atoms with Crippen LogP contribution in [0.15, 0.2) is 42.5 Å². The molecule has 0 aliphatic carbocycles. The van der Waals surface area contributed by atoms with Crippen molar-refractivity contribution in [3.63, 3.8) is 0 Å². The van der Waals surface area contributed by atoms with E-state index < -0.39 is 0 Å². The van der Waals surface area contributed by atoms with Crippen molar-refractivity contribution in [2.24, 2.45) is 0 Å². The second-order valence-corrected chi connectivity index (χ2v) is 4.20. The van der Waals surface area contributed by atoms with E-state index >= 15 is 0 Å². The van der Waals surface area contributed by atoms with E-state index in [9.17, 15) is 0 Å². The summed E-state index contributed by atoms with van der Waals surface area (Å²) >= 11 is 0. The van der Waals surface area contributed by atoms with Gasteiger partial charge in [-0.2, -0.15) is 0 Å². The van der Waals surface area contributed by atoms with Crippen molar-refractivity contribution in [1.82, 2.24) is 4.98 Å². The van der Waals surface area contributed by atoms with Gasteiger partial charge in [0.1, 0.15) is 0 Å². The number of pyridine rings is 1. The van der Waals surface area contributed by atoms with Crippen molar-refractivity contribution in [1.29, 1.82) is 0 Å². The van der Waals surface area contributed by atoms with E-state index in [-0.39, 0.29) is 0 Å². The van der Waals surface area contributed by atoms with Gasteiger partial charge < -0.3 is 5.73 Å². The van der Waals surface area contributed by atoms with Crippen LogP contribution >= 0.6 is 0 Å². The average Bonchev–Trinajstić information content (AvgIpc) is 2.36. The number of benzene rings is 2. The van der Waals surface area contributed by atoms with Crippen LogP contribution in [0.25, 0.3) is 21.8 Å². The summed E-state index contributed by atoms with van der Waals surface area (Å²) in [4.78, 5) is 4.67. The fraction of sp³-hybridized carbons (Fsp3) is 0.133. The molecule has 0 spiro atoms. The highest BCUT2D eigenvalue weighted by Gasteiger charge is 2.09. The SMILES string of the molecule is CCc1c2ccccc2nc2cccc(N)c12. The van der Waals surface area contributed by atoms with E-state index in [0.717, 1.165) is 28.5 Å². The third-order valence-electron chi connectivity index (χ3n) is 3.20. The molecule has 84 valence electrons. The standard InChI is InChI=1S/C15H14N2/c1-2-10-11-6-3-4-8-13(11)17-14-9-5-7-12(16)15(10)14/h3-9H,2,16H2,1H3. The Morgan fingerprint density at radius 3 is 2.59 bits per heavy atom. The van der Waals surface area contributed by atoms with Gasteiger partial charge in [0.15, 0.2) is 0 Å². The van der Waals surface area contributed by atoms with Crippen LogP contribution in [0, 0.1) is 0 Å². The van der Waals surface area contributed by atoms with Gasteiger partial charge in [-0.25, -0.2) is 4.98 Å². The molecule has 0 unspecified atom stereocenters. The molecule has 2 nitrogen and oxygen atoms in total. The number of anilines is 1. The molecule has 1 heterocycles. The highest BCUT2D eigenvalue weighted by Crippen LogP contribution is 2.29. The van der Waals surface area contributed by atoms with Crippen molar-refractivity contribution >= 4 is 27.5 Å². The topological polar surface area (TPSA) is 38.9 Å². The minimum absolute atomic E-state index is 0.817. The number of rotatable bonds is 1. The summed E-state index contributed by atoms with van der Waals surface area (Å²) < 4.78 is 0. The fourth-order valence-electron chi connectivity index (χ4n) is 2.44. The molecule has 0 amide bonds. The van der Waals surface area contributed by atoms with E-state index in [4.69, 9.17) is 5.73 Å². The van der Waals surface area contributed by atoms with Gasteiger partial charge in [0.2, 0.25) is 0 Å². The Bertz CT molecular complexity index is 702. The molecular formula is C15H14N2. The van der Waals surface area contributed by atoms with E-state index in [0.29, 0.717) is 0 Å². The summed E-state index contributed by atoms with van der Waals surface area (Å²) in [5.41, 5.74) is 10.2. The number of aryl methyl sites for hydroxylation is 1. The molecule has 3 aromatic rings. The average molecular weight is 222 g/mol. The van der Waals surface area contributed by atoms with Crippen LogP contribution in [-0.4, -0.2) is 4.98 Å². The van der Waals surface area contributed by atoms with Crippen LogP contribution in [0.4, 0.5) is 5.69 Å². The molecule has 0 aliphatic heterocycles. The molecule has 0 atom stereocenters. The smallest absolute Gasteiger partial charge is 0.0733 e. The number of hydrogen-bond donors (Lipinski definition) is 1. The van der Waals surface area contributed by atoms with E-state index in [1.165, 1.54) is 10.9 Å². The lowest BCUT2D eigenvalue weighted by Crippen LogP contribution is -1.95. The summed E-state index contributed by atoms with van der Waals surface area (Å²) in [6, 6.07) is 14.2. The van der Waals surface area contributed by atoms with Crippen LogP contribution in [0.1, 0.15) is 12.5 Å². The lowest BCUT2D eigenvalue weighted by Gasteiger charge is -2.10. The molecule has 3 rings (SSSR count). The first-order valence-electron chi connectivity index (χ1n) is 5.87. The Kier molecular flexibility index (Phi) is 2.22. The van der Waals surface area contributed by atoms with Crippen LogP contribution in [0.2, 0.25) is 0 Å². The Labute approximate surface area is 100 Å². The van der Waals surface area contributed by atoms with Gasteiger partial charge in [0.25, 0.3) is 0 Å². The molecule has 2 heteroatoms. The molecule has 0 saturated heterocycles. The Morgan fingerprint density at radius 2 is 1.76 bits per heavy atom. The number of nitrogen functional groups attached to an aromatic ring is 1. The zero-order chi connectivity index (χ0) is 11.8. The van der Waals surface area contributed by atoms with Gasteiger partial charge in [-0.3, -0.25) is 0 Å². The van der Waals surface area contributed by atoms with Gasteiger partial charge in [0.05, 0.1) is 11.0 Å². The number of nitrogens with two attached hydrogens (primary N) is 1. The van der Waals surface area contributed by atoms with Crippen molar-refractivity contribution < 1.29 is 0 Å². The Hall–Kier alpha value is -2.09. The summed E-state index contributed by atoms with van der Waals surface area (Å²) in [6.45, 7) is 2.16. The monoisotopic (exact) mass is 222 g/mol. The van der Waals surface area contributed by atoms with Crippen molar-refractivity contribution in [2.45, 2.75) is 13.3 Å². The quantitative estimate of drug-likeness (QED) is 0.505. The van der Waals surface area contributed by atoms with Gasteiger partial charge in [-0.1, -0.05) is 31.2 Å². The van der Waals surface area contributed by atoms with Crippen LogP contribution in [-0.2, 0) is 6.42 Å². The van der Waals surface area contributed by atoms with Crippen molar-refractivity contribution in [3.8, 4) is 0 Å². The predicted octanol–water partition coefficient (Wildman–Crippen LogP) is 3.53. The summed E-state index contributed by atoms with van der Waals surface area (Å²) in [6.07, 6.45) is 0.966. The zero-order valence-electron chi connectivity index (χ0n) is 9.77. The molecule has 0 fully saturated rings. The summed E-state index contributed by atoms with van der Waals surface area (Å²) in [5.74, 6) is 0. The van der Waals surface area contributed by atoms with Crippen molar-refractivity contribution in [3.05, 3.63) is 48.0 Å². The number of hydrogen-bond acceptors (Lipinski definition) is 2. The first-order chi connectivity index (χ1) is 8.31. The van der Waals surface area contributed by atoms with Crippen LogP contribution in [0.5, 0.6) is 0 Å². The maximum Gasteiger partial charge on any atom is 0.0733 e. The molecule has 2 aromatic carbocycles. The van der Waals surface area contributed by atoms with E-state index in [2.05, 4.69) is 24.0 Å². The molecule has 2 N–H and O–H groups in total. The lowest BCUT2D eigenvalue weighted by molar-refractivity contribution is 1.17. The molecule has 0 aliphatic rings. The number of para-hydroxylation sites is 1. The maximum absolute atomic E-state index is 6.08. The van der Waals surface area contributed by atoms with Crippen LogP contribution in [0.3, 0.4) is 0 Å².